The van der Waals surface area contributed by atoms with E-state index >= 15 is 0 Å². The Morgan fingerprint density at radius 2 is 1.84 bits per heavy atom. The summed E-state index contributed by atoms with van der Waals surface area (Å²) in [5, 5.41) is 3.98. The number of hydrogen-bond donors (Lipinski definition) is 1. The molecule has 0 amide bonds. The predicted molar refractivity (Wildman–Crippen MR) is 125 cm³/mol. The molecule has 2 aromatic heterocycles. The van der Waals surface area contributed by atoms with Gasteiger partial charge in [0.15, 0.2) is 0 Å². The maximum absolute atomic E-state index is 5.90. The number of benzene rings is 1. The second-order valence-corrected chi connectivity index (χ2v) is 8.31. The highest BCUT2D eigenvalue weighted by molar-refractivity contribution is 7.71. The van der Waals surface area contributed by atoms with Gasteiger partial charge in [-0.05, 0) is 67.7 Å². The topological polar surface area (TPSA) is 62.5 Å². The second-order valence-electron chi connectivity index (χ2n) is 7.50. The maximum atomic E-state index is 5.90. The summed E-state index contributed by atoms with van der Waals surface area (Å²) in [4.78, 5) is 9.20. The van der Waals surface area contributed by atoms with E-state index in [1.54, 1.807) is 0 Å². The number of nitrogens with one attached hydrogen (secondary N) is 1. The molecule has 7 nitrogen and oxygen atoms in total. The van der Waals surface area contributed by atoms with Gasteiger partial charge in [0.05, 0.1) is 6.67 Å². The highest BCUT2D eigenvalue weighted by Gasteiger charge is 2.17. The lowest BCUT2D eigenvalue weighted by molar-refractivity contribution is 0.0921. The van der Waals surface area contributed by atoms with E-state index in [0.717, 1.165) is 60.8 Å². The molecule has 0 saturated carbocycles. The average Bonchev–Trinajstić information content (AvgIpc) is 3.34. The van der Waals surface area contributed by atoms with Crippen molar-refractivity contribution in [2.75, 3.05) is 39.3 Å². The number of rotatable bonds is 8. The molecule has 31 heavy (non-hydrogen) atoms. The normalized spacial score (nSPS) is 15.7. The molecule has 0 bridgehead atoms. The maximum Gasteiger partial charge on any atom is 0.217 e. The minimum absolute atomic E-state index is 0.550. The van der Waals surface area contributed by atoms with Crippen molar-refractivity contribution >= 4 is 36.0 Å². The van der Waals surface area contributed by atoms with Gasteiger partial charge in [0.2, 0.25) is 4.77 Å². The second kappa shape index (κ2) is 10.3. The molecule has 9 heteroatoms. The first-order valence-electron chi connectivity index (χ1n) is 10.3. The Morgan fingerprint density at radius 1 is 1.10 bits per heavy atom. The van der Waals surface area contributed by atoms with Crippen molar-refractivity contribution in [3.8, 4) is 5.75 Å². The molecule has 1 fully saturated rings. The van der Waals surface area contributed by atoms with Crippen LogP contribution in [-0.2, 0) is 6.67 Å². The van der Waals surface area contributed by atoms with Crippen LogP contribution in [0, 0.1) is 11.7 Å². The number of furan rings is 1. The van der Waals surface area contributed by atoms with Crippen LogP contribution >= 0.6 is 23.8 Å². The van der Waals surface area contributed by atoms with Crippen molar-refractivity contribution in [1.29, 1.82) is 0 Å². The van der Waals surface area contributed by atoms with E-state index < -0.39 is 0 Å². The fourth-order valence-electron chi connectivity index (χ4n) is 3.43. The highest BCUT2D eigenvalue weighted by atomic mass is 35.5. The van der Waals surface area contributed by atoms with Crippen LogP contribution in [0.2, 0.25) is 5.02 Å². The summed E-state index contributed by atoms with van der Waals surface area (Å²) in [5.74, 6) is 3.25. The molecule has 1 N–H and O–H groups in total. The Kier molecular flexibility index (Phi) is 7.24. The zero-order valence-electron chi connectivity index (χ0n) is 17.5. The van der Waals surface area contributed by atoms with Crippen LogP contribution in [0.15, 0.2) is 40.8 Å². The first kappa shape index (κ1) is 21.8. The summed E-state index contributed by atoms with van der Waals surface area (Å²) in [6, 6.07) is 11.3. The third-order valence-electron chi connectivity index (χ3n) is 5.16. The number of halogens is 1. The lowest BCUT2D eigenvalue weighted by Gasteiger charge is -2.34. The molecule has 164 valence electrons. The van der Waals surface area contributed by atoms with Crippen LogP contribution < -0.4 is 4.74 Å². The van der Waals surface area contributed by atoms with Gasteiger partial charge in [-0.2, -0.15) is 4.98 Å². The molecule has 4 rings (SSSR count). The smallest absolute Gasteiger partial charge is 0.217 e. The van der Waals surface area contributed by atoms with Crippen molar-refractivity contribution < 1.29 is 9.15 Å². The number of nitrogens with zero attached hydrogens (tertiary/aromatic N) is 4. The summed E-state index contributed by atoms with van der Waals surface area (Å²) in [6.45, 7) is 8.13. The van der Waals surface area contributed by atoms with Crippen LogP contribution in [0.25, 0.3) is 12.2 Å². The summed E-state index contributed by atoms with van der Waals surface area (Å²) in [6.07, 6.45) is 3.76. The molecular formula is C22H26ClN5O2S. The summed E-state index contributed by atoms with van der Waals surface area (Å²) >= 11 is 11.3. The molecule has 1 aliphatic rings. The van der Waals surface area contributed by atoms with E-state index in [2.05, 4.69) is 19.9 Å². The molecular weight excluding hydrogens is 434 g/mol. The van der Waals surface area contributed by atoms with Crippen LogP contribution in [0.1, 0.15) is 17.3 Å². The van der Waals surface area contributed by atoms with E-state index in [0.29, 0.717) is 18.0 Å². The Hall–Kier alpha value is -2.39. The fourth-order valence-corrected chi connectivity index (χ4v) is 3.75. The zero-order valence-corrected chi connectivity index (χ0v) is 19.0. The molecule has 0 unspecified atom stereocenters. The van der Waals surface area contributed by atoms with Gasteiger partial charge in [-0.1, -0.05) is 11.6 Å². The molecule has 1 aliphatic heterocycles. The molecule has 0 spiro atoms. The zero-order chi connectivity index (χ0) is 21.6. The lowest BCUT2D eigenvalue weighted by atomic mass is 10.3. The summed E-state index contributed by atoms with van der Waals surface area (Å²) in [7, 11) is 0. The van der Waals surface area contributed by atoms with E-state index in [4.69, 9.17) is 33.0 Å². The van der Waals surface area contributed by atoms with Crippen LogP contribution in [0.5, 0.6) is 5.75 Å². The summed E-state index contributed by atoms with van der Waals surface area (Å²) < 4.78 is 13.8. The van der Waals surface area contributed by atoms with E-state index in [1.807, 2.05) is 60.2 Å². The summed E-state index contributed by atoms with van der Waals surface area (Å²) in [5.41, 5.74) is 0. The van der Waals surface area contributed by atoms with Gasteiger partial charge in [-0.15, -0.1) is 0 Å². The molecule has 1 saturated heterocycles. The third kappa shape index (κ3) is 6.30. The van der Waals surface area contributed by atoms with Crippen molar-refractivity contribution in [2.45, 2.75) is 13.6 Å². The van der Waals surface area contributed by atoms with Gasteiger partial charge in [-0.3, -0.25) is 14.9 Å². The van der Waals surface area contributed by atoms with Crippen LogP contribution in [0.3, 0.4) is 0 Å². The standard InChI is InChI=1S/C22H26ClN5O2S/c1-17-2-5-20(30-17)8-9-21-24-22(31)28(25-21)16-27-12-10-26(11-13-27)14-15-29-19-6-3-18(23)4-7-19/h2-9H,10-16H2,1H3,(H,24,25,31). The first-order valence-corrected chi connectivity index (χ1v) is 11.1. The molecule has 0 aliphatic carbocycles. The first-order chi connectivity index (χ1) is 15.0. The van der Waals surface area contributed by atoms with Gasteiger partial charge < -0.3 is 9.15 Å². The van der Waals surface area contributed by atoms with Crippen molar-refractivity contribution in [3.05, 3.63) is 63.5 Å². The van der Waals surface area contributed by atoms with Crippen LogP contribution in [0.4, 0.5) is 0 Å². The number of ether oxygens (including phenoxy) is 1. The Bertz CT molecular complexity index is 1060. The molecule has 3 aromatic rings. The molecule has 0 radical (unpaired) electrons. The third-order valence-corrected chi connectivity index (χ3v) is 5.72. The monoisotopic (exact) mass is 459 g/mol. The lowest BCUT2D eigenvalue weighted by Crippen LogP contribution is -2.47. The van der Waals surface area contributed by atoms with E-state index in [1.165, 1.54) is 0 Å². The number of aryl methyl sites for hydroxylation is 1. The minimum atomic E-state index is 0.550. The highest BCUT2D eigenvalue weighted by Crippen LogP contribution is 2.15. The van der Waals surface area contributed by atoms with Crippen molar-refractivity contribution in [1.82, 2.24) is 24.6 Å². The van der Waals surface area contributed by atoms with Crippen molar-refractivity contribution in [3.63, 3.8) is 0 Å². The van der Waals surface area contributed by atoms with Crippen LogP contribution in [-0.4, -0.2) is 63.9 Å². The Labute approximate surface area is 191 Å². The number of hydrogen-bond acceptors (Lipinski definition) is 6. The molecule has 3 heterocycles. The van der Waals surface area contributed by atoms with Gasteiger partial charge in [0.25, 0.3) is 0 Å². The van der Waals surface area contributed by atoms with Gasteiger partial charge in [-0.25, -0.2) is 4.68 Å². The molecule has 0 atom stereocenters. The number of piperazine rings is 1. The van der Waals surface area contributed by atoms with Gasteiger partial charge >= 0.3 is 0 Å². The molecule has 1 aromatic carbocycles. The number of H-pyrrole nitrogens is 1. The van der Waals surface area contributed by atoms with E-state index in [-0.39, 0.29) is 0 Å². The quantitative estimate of drug-likeness (QED) is 0.506. The largest absolute Gasteiger partial charge is 0.492 e. The fraction of sp³-hybridized carbons (Fsp3) is 0.364. The van der Waals surface area contributed by atoms with Crippen molar-refractivity contribution in [2.24, 2.45) is 0 Å². The Balaban J connectivity index is 1.21. The van der Waals surface area contributed by atoms with Gasteiger partial charge in [0.1, 0.15) is 29.7 Å². The average molecular weight is 460 g/mol. The number of aromatic nitrogens is 3. The Morgan fingerprint density at radius 3 is 2.55 bits per heavy atom. The predicted octanol–water partition coefficient (Wildman–Crippen LogP) is 4.32. The number of aromatic amines is 1. The van der Waals surface area contributed by atoms with E-state index in [9.17, 15) is 0 Å². The SMILES string of the molecule is Cc1ccc(C=Cc2nc(=S)n(CN3CCN(CCOc4ccc(Cl)cc4)CC3)[nH]2)o1. The van der Waals surface area contributed by atoms with Gasteiger partial charge in [0, 0.05) is 37.7 Å². The minimum Gasteiger partial charge on any atom is -0.492 e.